The molecule has 0 unspecified atom stereocenters. The van der Waals surface area contributed by atoms with E-state index in [1.54, 1.807) is 13.8 Å². The topological polar surface area (TPSA) is 98.2 Å². The first-order chi connectivity index (χ1) is 6.31. The van der Waals surface area contributed by atoms with Crippen molar-refractivity contribution in [2.45, 2.75) is 45.2 Å². The van der Waals surface area contributed by atoms with Gasteiger partial charge in [-0.25, -0.2) is 0 Å². The Morgan fingerprint density at radius 1 is 1.43 bits per heavy atom. The van der Waals surface area contributed by atoms with Crippen molar-refractivity contribution in [1.29, 1.82) is 0 Å². The quantitative estimate of drug-likeness (QED) is 0.559. The lowest BCUT2D eigenvalue weighted by atomic mass is 10.0. The van der Waals surface area contributed by atoms with Crippen LogP contribution >= 0.6 is 0 Å². The van der Waals surface area contributed by atoms with Gasteiger partial charge in [0.25, 0.3) is 0 Å². The Labute approximate surface area is 84.2 Å². The Morgan fingerprint density at radius 2 is 1.93 bits per heavy atom. The monoisotopic (exact) mass is 201 g/mol. The van der Waals surface area contributed by atoms with Crippen LogP contribution in [0.2, 0.25) is 0 Å². The zero-order valence-corrected chi connectivity index (χ0v) is 8.96. The molecule has 1 atom stereocenters. The Bertz CT molecular complexity index is 226. The van der Waals surface area contributed by atoms with Gasteiger partial charge in [0, 0.05) is 0 Å². The molecule has 0 bridgehead atoms. The molecular weight excluding hydrogens is 182 g/mol. The van der Waals surface area contributed by atoms with Gasteiger partial charge in [0.2, 0.25) is 11.8 Å². The molecule has 0 saturated heterocycles. The van der Waals surface area contributed by atoms with Crippen LogP contribution < -0.4 is 16.8 Å². The number of hydrogen-bond donors (Lipinski definition) is 3. The molecule has 14 heavy (non-hydrogen) atoms. The Morgan fingerprint density at radius 3 is 2.29 bits per heavy atom. The van der Waals surface area contributed by atoms with E-state index in [1.807, 2.05) is 6.92 Å². The molecule has 5 N–H and O–H groups in total. The van der Waals surface area contributed by atoms with E-state index >= 15 is 0 Å². The van der Waals surface area contributed by atoms with E-state index in [0.29, 0.717) is 6.42 Å². The van der Waals surface area contributed by atoms with Crippen molar-refractivity contribution < 1.29 is 9.59 Å². The molecule has 0 rings (SSSR count). The molecule has 82 valence electrons. The van der Waals surface area contributed by atoms with Gasteiger partial charge in [-0.15, -0.1) is 0 Å². The van der Waals surface area contributed by atoms with Crippen molar-refractivity contribution >= 4 is 11.8 Å². The average molecular weight is 201 g/mol. The van der Waals surface area contributed by atoms with E-state index in [0.717, 1.165) is 6.42 Å². The van der Waals surface area contributed by atoms with Crippen LogP contribution in [0.1, 0.15) is 33.6 Å². The normalized spacial score (nSPS) is 13.4. The van der Waals surface area contributed by atoms with E-state index in [4.69, 9.17) is 11.5 Å². The fourth-order valence-corrected chi connectivity index (χ4v) is 0.904. The maximum absolute atomic E-state index is 11.4. The highest BCUT2D eigenvalue weighted by Gasteiger charge is 2.28. The Balaban J connectivity index is 4.24. The zero-order chi connectivity index (χ0) is 11.4. The highest BCUT2D eigenvalue weighted by molar-refractivity contribution is 5.91. The number of primary amides is 1. The third-order valence-electron chi connectivity index (χ3n) is 1.99. The van der Waals surface area contributed by atoms with Crippen LogP contribution in [0.3, 0.4) is 0 Å². The summed E-state index contributed by atoms with van der Waals surface area (Å²) in [6, 6.07) is -0.571. The first-order valence-electron chi connectivity index (χ1n) is 4.68. The maximum Gasteiger partial charge on any atom is 0.242 e. The van der Waals surface area contributed by atoms with Gasteiger partial charge in [-0.05, 0) is 20.3 Å². The lowest BCUT2D eigenvalue weighted by Crippen LogP contribution is -2.56. The number of hydrogen-bond acceptors (Lipinski definition) is 3. The van der Waals surface area contributed by atoms with E-state index in [2.05, 4.69) is 5.32 Å². The van der Waals surface area contributed by atoms with Crippen LogP contribution in [0.5, 0.6) is 0 Å². The van der Waals surface area contributed by atoms with Crippen molar-refractivity contribution in [2.75, 3.05) is 0 Å². The second-order valence-electron chi connectivity index (χ2n) is 3.87. The van der Waals surface area contributed by atoms with E-state index in [-0.39, 0.29) is 5.91 Å². The minimum absolute atomic E-state index is 0.337. The number of amides is 2. The van der Waals surface area contributed by atoms with Crippen molar-refractivity contribution in [2.24, 2.45) is 11.5 Å². The van der Waals surface area contributed by atoms with Crippen molar-refractivity contribution in [3.05, 3.63) is 0 Å². The predicted octanol–water partition coefficient (Wildman–Crippen LogP) is -0.506. The van der Waals surface area contributed by atoms with Crippen LogP contribution in [0.15, 0.2) is 0 Å². The first kappa shape index (κ1) is 12.9. The van der Waals surface area contributed by atoms with Gasteiger partial charge in [0.05, 0.1) is 6.04 Å². The molecule has 0 fully saturated rings. The molecule has 2 amide bonds. The molecule has 0 aliphatic heterocycles. The summed E-state index contributed by atoms with van der Waals surface area (Å²) in [5.74, 6) is -0.912. The molecule has 5 nitrogen and oxygen atoms in total. The standard InChI is InChI=1S/C9H19N3O2/c1-4-5-6(10)7(13)12-9(2,3)8(11)14/h6H,4-5,10H2,1-3H3,(H2,11,14)(H,12,13)/t6-/m1/s1. The first-order valence-corrected chi connectivity index (χ1v) is 4.68. The molecule has 0 aromatic carbocycles. The highest BCUT2D eigenvalue weighted by Crippen LogP contribution is 2.02. The SMILES string of the molecule is CCC[C@@H](N)C(=O)NC(C)(C)C(N)=O. The maximum atomic E-state index is 11.4. The molecule has 0 aliphatic carbocycles. The molecular formula is C9H19N3O2. The fraction of sp³-hybridized carbons (Fsp3) is 0.778. The third kappa shape index (κ3) is 3.74. The number of rotatable bonds is 5. The lowest BCUT2D eigenvalue weighted by molar-refractivity contribution is -0.131. The van der Waals surface area contributed by atoms with Crippen LogP contribution in [0, 0.1) is 0 Å². The second-order valence-corrected chi connectivity index (χ2v) is 3.87. The van der Waals surface area contributed by atoms with Crippen molar-refractivity contribution in [3.63, 3.8) is 0 Å². The molecule has 0 aromatic rings. The summed E-state index contributed by atoms with van der Waals surface area (Å²) in [5, 5.41) is 2.50. The highest BCUT2D eigenvalue weighted by atomic mass is 16.2. The fourth-order valence-electron chi connectivity index (χ4n) is 0.904. The van der Waals surface area contributed by atoms with Crippen LogP contribution in [0.25, 0.3) is 0 Å². The predicted molar refractivity (Wildman–Crippen MR) is 54.3 cm³/mol. The molecule has 0 spiro atoms. The molecule has 5 heteroatoms. The second kappa shape index (κ2) is 4.95. The summed E-state index contributed by atoms with van der Waals surface area (Å²) in [5.41, 5.74) is 9.63. The summed E-state index contributed by atoms with van der Waals surface area (Å²) in [6.07, 6.45) is 1.42. The summed E-state index contributed by atoms with van der Waals surface area (Å²) >= 11 is 0. The van der Waals surface area contributed by atoms with Gasteiger partial charge < -0.3 is 16.8 Å². The van der Waals surface area contributed by atoms with Gasteiger partial charge in [-0.3, -0.25) is 9.59 Å². The third-order valence-corrected chi connectivity index (χ3v) is 1.99. The van der Waals surface area contributed by atoms with Crippen molar-refractivity contribution in [1.82, 2.24) is 5.32 Å². The number of carbonyl (C=O) groups excluding carboxylic acids is 2. The molecule has 0 aliphatic rings. The number of nitrogens with one attached hydrogen (secondary N) is 1. The van der Waals surface area contributed by atoms with Gasteiger partial charge in [-0.2, -0.15) is 0 Å². The molecule has 0 radical (unpaired) electrons. The number of nitrogens with two attached hydrogens (primary N) is 2. The van der Waals surface area contributed by atoms with E-state index in [1.165, 1.54) is 0 Å². The molecule has 0 saturated carbocycles. The largest absolute Gasteiger partial charge is 0.368 e. The summed E-state index contributed by atoms with van der Waals surface area (Å²) < 4.78 is 0. The molecule has 0 aromatic heterocycles. The van der Waals surface area contributed by atoms with E-state index < -0.39 is 17.5 Å². The summed E-state index contributed by atoms with van der Waals surface area (Å²) in [6.45, 7) is 5.03. The minimum Gasteiger partial charge on any atom is -0.368 e. The Hall–Kier alpha value is -1.10. The smallest absolute Gasteiger partial charge is 0.242 e. The zero-order valence-electron chi connectivity index (χ0n) is 8.96. The number of carbonyl (C=O) groups is 2. The minimum atomic E-state index is -1.04. The van der Waals surface area contributed by atoms with Crippen molar-refractivity contribution in [3.8, 4) is 0 Å². The van der Waals surface area contributed by atoms with Gasteiger partial charge in [0.1, 0.15) is 5.54 Å². The summed E-state index contributed by atoms with van der Waals surface area (Å²) in [7, 11) is 0. The Kier molecular flexibility index (Phi) is 4.56. The van der Waals surface area contributed by atoms with Gasteiger partial charge in [-0.1, -0.05) is 13.3 Å². The van der Waals surface area contributed by atoms with Crippen LogP contribution in [-0.2, 0) is 9.59 Å². The van der Waals surface area contributed by atoms with Crippen LogP contribution in [0.4, 0.5) is 0 Å². The lowest BCUT2D eigenvalue weighted by Gasteiger charge is -2.24. The molecule has 0 heterocycles. The van der Waals surface area contributed by atoms with E-state index in [9.17, 15) is 9.59 Å². The van der Waals surface area contributed by atoms with Gasteiger partial charge in [0.15, 0.2) is 0 Å². The van der Waals surface area contributed by atoms with Crippen LogP contribution in [-0.4, -0.2) is 23.4 Å². The van der Waals surface area contributed by atoms with Gasteiger partial charge >= 0.3 is 0 Å². The summed E-state index contributed by atoms with van der Waals surface area (Å²) in [4.78, 5) is 22.3. The average Bonchev–Trinajstić information content (AvgIpc) is 2.03.